The third-order valence-electron chi connectivity index (χ3n) is 6.63. The average molecular weight is 410 g/mol. The maximum Gasteiger partial charge on any atom is 0.00951 e. The molecule has 0 bridgehead atoms. The standard InChI is InChI=1S/C28H59N/c1-5-9-12-13-14-15-16-17-18-19-20-21-22-23-25-28(24-8-4)29(26-10-6-2)27-11-7-3/h28H,5-27H2,1-4H3. The molecule has 1 heteroatoms. The SMILES string of the molecule is CCCCCCCCCCCCCCCCC(CCC)N(CCCC)CCCC. The van der Waals surface area contributed by atoms with Gasteiger partial charge in [-0.3, -0.25) is 0 Å². The first-order chi connectivity index (χ1) is 14.3. The van der Waals surface area contributed by atoms with E-state index in [2.05, 4.69) is 32.6 Å². The summed E-state index contributed by atoms with van der Waals surface area (Å²) in [7, 11) is 0. The van der Waals surface area contributed by atoms with Crippen molar-refractivity contribution in [2.75, 3.05) is 13.1 Å². The Morgan fingerprint density at radius 2 is 0.759 bits per heavy atom. The summed E-state index contributed by atoms with van der Waals surface area (Å²) in [5, 5.41) is 0. The van der Waals surface area contributed by atoms with Crippen LogP contribution in [0.1, 0.15) is 163 Å². The van der Waals surface area contributed by atoms with E-state index in [-0.39, 0.29) is 0 Å². The molecule has 176 valence electrons. The fourth-order valence-electron chi connectivity index (χ4n) is 4.62. The predicted octanol–water partition coefficient (Wildman–Crippen LogP) is 9.93. The lowest BCUT2D eigenvalue weighted by Crippen LogP contribution is -2.37. The third-order valence-corrected chi connectivity index (χ3v) is 6.63. The molecule has 0 aromatic rings. The fourth-order valence-corrected chi connectivity index (χ4v) is 4.62. The minimum atomic E-state index is 0.857. The topological polar surface area (TPSA) is 3.24 Å². The van der Waals surface area contributed by atoms with Crippen LogP contribution >= 0.6 is 0 Å². The zero-order valence-electron chi connectivity index (χ0n) is 21.3. The molecule has 1 unspecified atom stereocenters. The van der Waals surface area contributed by atoms with Gasteiger partial charge in [0.05, 0.1) is 0 Å². The predicted molar refractivity (Wildman–Crippen MR) is 135 cm³/mol. The Morgan fingerprint density at radius 3 is 1.14 bits per heavy atom. The van der Waals surface area contributed by atoms with E-state index in [0.29, 0.717) is 0 Å². The Morgan fingerprint density at radius 1 is 0.379 bits per heavy atom. The van der Waals surface area contributed by atoms with Gasteiger partial charge in [0.1, 0.15) is 0 Å². The van der Waals surface area contributed by atoms with Crippen molar-refractivity contribution >= 4 is 0 Å². The molecule has 1 atom stereocenters. The van der Waals surface area contributed by atoms with E-state index in [1.807, 2.05) is 0 Å². The van der Waals surface area contributed by atoms with Gasteiger partial charge in [0, 0.05) is 6.04 Å². The van der Waals surface area contributed by atoms with E-state index >= 15 is 0 Å². The second-order valence-electron chi connectivity index (χ2n) is 9.57. The van der Waals surface area contributed by atoms with Crippen LogP contribution in [-0.2, 0) is 0 Å². The van der Waals surface area contributed by atoms with E-state index < -0.39 is 0 Å². The van der Waals surface area contributed by atoms with Crippen LogP contribution < -0.4 is 0 Å². The van der Waals surface area contributed by atoms with Crippen molar-refractivity contribution in [3.8, 4) is 0 Å². The average Bonchev–Trinajstić information content (AvgIpc) is 2.73. The summed E-state index contributed by atoms with van der Waals surface area (Å²) in [5.74, 6) is 0. The Kier molecular flexibility index (Phi) is 24.2. The molecule has 0 fully saturated rings. The van der Waals surface area contributed by atoms with Gasteiger partial charge in [-0.15, -0.1) is 0 Å². The molecule has 0 aliphatic carbocycles. The number of nitrogens with zero attached hydrogens (tertiary/aromatic N) is 1. The zero-order valence-corrected chi connectivity index (χ0v) is 21.3. The summed E-state index contributed by atoms with van der Waals surface area (Å²) in [5.41, 5.74) is 0. The van der Waals surface area contributed by atoms with Gasteiger partial charge in [-0.25, -0.2) is 0 Å². The van der Waals surface area contributed by atoms with Crippen molar-refractivity contribution in [2.24, 2.45) is 0 Å². The van der Waals surface area contributed by atoms with Crippen LogP contribution in [0.5, 0.6) is 0 Å². The van der Waals surface area contributed by atoms with Crippen molar-refractivity contribution in [3.05, 3.63) is 0 Å². The van der Waals surface area contributed by atoms with E-state index in [4.69, 9.17) is 0 Å². The van der Waals surface area contributed by atoms with Gasteiger partial charge in [0.2, 0.25) is 0 Å². The molecule has 0 aliphatic rings. The molecular formula is C28H59N. The molecule has 0 heterocycles. The van der Waals surface area contributed by atoms with Crippen LogP contribution in [0.25, 0.3) is 0 Å². The Hall–Kier alpha value is -0.0400. The van der Waals surface area contributed by atoms with Crippen LogP contribution in [0.2, 0.25) is 0 Å². The van der Waals surface area contributed by atoms with Crippen molar-refractivity contribution in [1.82, 2.24) is 4.90 Å². The lowest BCUT2D eigenvalue weighted by Gasteiger charge is -2.32. The maximum atomic E-state index is 2.85. The molecule has 0 aromatic carbocycles. The molecule has 0 aromatic heterocycles. The molecule has 0 amide bonds. The fraction of sp³-hybridized carbons (Fsp3) is 1.00. The van der Waals surface area contributed by atoms with Gasteiger partial charge in [-0.2, -0.15) is 0 Å². The number of hydrogen-bond donors (Lipinski definition) is 0. The minimum absolute atomic E-state index is 0.857. The highest BCUT2D eigenvalue weighted by Gasteiger charge is 2.16. The second-order valence-corrected chi connectivity index (χ2v) is 9.57. The highest BCUT2D eigenvalue weighted by atomic mass is 15.1. The molecule has 0 aliphatic heterocycles. The van der Waals surface area contributed by atoms with Crippen molar-refractivity contribution in [2.45, 2.75) is 169 Å². The second kappa shape index (κ2) is 24.2. The monoisotopic (exact) mass is 409 g/mol. The first-order valence-corrected chi connectivity index (χ1v) is 14.0. The summed E-state index contributed by atoms with van der Waals surface area (Å²) in [6.07, 6.45) is 30.1. The normalized spacial score (nSPS) is 12.7. The summed E-state index contributed by atoms with van der Waals surface area (Å²) >= 11 is 0. The highest BCUT2D eigenvalue weighted by molar-refractivity contribution is 4.72. The van der Waals surface area contributed by atoms with Gasteiger partial charge < -0.3 is 4.90 Å². The highest BCUT2D eigenvalue weighted by Crippen LogP contribution is 2.19. The summed E-state index contributed by atoms with van der Waals surface area (Å²) in [4.78, 5) is 2.85. The molecule has 0 N–H and O–H groups in total. The van der Waals surface area contributed by atoms with Crippen molar-refractivity contribution in [3.63, 3.8) is 0 Å². The van der Waals surface area contributed by atoms with Crippen LogP contribution in [-0.4, -0.2) is 24.0 Å². The summed E-state index contributed by atoms with van der Waals surface area (Å²) < 4.78 is 0. The zero-order chi connectivity index (χ0) is 21.4. The van der Waals surface area contributed by atoms with Gasteiger partial charge in [0.15, 0.2) is 0 Å². The molecule has 0 spiro atoms. The largest absolute Gasteiger partial charge is 0.300 e. The van der Waals surface area contributed by atoms with Gasteiger partial charge in [-0.05, 0) is 38.8 Å². The molecule has 0 saturated carbocycles. The Balaban J connectivity index is 3.69. The van der Waals surface area contributed by atoms with E-state index in [0.717, 1.165) is 6.04 Å². The Labute approximate surface area is 186 Å². The third kappa shape index (κ3) is 19.7. The molecule has 1 nitrogen and oxygen atoms in total. The van der Waals surface area contributed by atoms with Gasteiger partial charge in [0.25, 0.3) is 0 Å². The smallest absolute Gasteiger partial charge is 0.00951 e. The van der Waals surface area contributed by atoms with Crippen LogP contribution in [0.3, 0.4) is 0 Å². The van der Waals surface area contributed by atoms with Gasteiger partial charge in [-0.1, -0.05) is 137 Å². The van der Waals surface area contributed by atoms with E-state index in [1.54, 1.807) is 0 Å². The molecule has 29 heavy (non-hydrogen) atoms. The van der Waals surface area contributed by atoms with Crippen LogP contribution in [0.15, 0.2) is 0 Å². The van der Waals surface area contributed by atoms with Crippen LogP contribution in [0, 0.1) is 0 Å². The van der Waals surface area contributed by atoms with E-state index in [9.17, 15) is 0 Å². The first-order valence-electron chi connectivity index (χ1n) is 14.0. The van der Waals surface area contributed by atoms with Crippen molar-refractivity contribution < 1.29 is 0 Å². The van der Waals surface area contributed by atoms with Crippen LogP contribution in [0.4, 0.5) is 0 Å². The summed E-state index contributed by atoms with van der Waals surface area (Å²) in [6.45, 7) is 12.0. The number of hydrogen-bond acceptors (Lipinski definition) is 1. The number of unbranched alkanes of at least 4 members (excludes halogenated alkanes) is 15. The quantitative estimate of drug-likeness (QED) is 0.143. The molecule has 0 rings (SSSR count). The maximum absolute atomic E-state index is 2.85. The lowest BCUT2D eigenvalue weighted by molar-refractivity contribution is 0.167. The van der Waals surface area contributed by atoms with Crippen molar-refractivity contribution in [1.29, 1.82) is 0 Å². The molecular weight excluding hydrogens is 350 g/mol. The lowest BCUT2D eigenvalue weighted by atomic mass is 9.99. The number of rotatable bonds is 24. The summed E-state index contributed by atoms with van der Waals surface area (Å²) in [6, 6.07) is 0.857. The van der Waals surface area contributed by atoms with E-state index in [1.165, 1.54) is 148 Å². The minimum Gasteiger partial charge on any atom is -0.300 e. The molecule has 0 radical (unpaired) electrons. The molecule has 0 saturated heterocycles. The Bertz CT molecular complexity index is 280. The van der Waals surface area contributed by atoms with Gasteiger partial charge >= 0.3 is 0 Å². The first kappa shape index (κ1) is 29.0.